The topological polar surface area (TPSA) is 59.1 Å². The van der Waals surface area contributed by atoms with Crippen molar-refractivity contribution in [3.8, 4) is 0 Å². The first-order valence-electron chi connectivity index (χ1n) is 6.67. The van der Waals surface area contributed by atoms with Crippen LogP contribution in [-0.2, 0) is 6.42 Å². The second-order valence-corrected chi connectivity index (χ2v) is 5.10. The smallest absolute Gasteiger partial charge is 0.379 e. The van der Waals surface area contributed by atoms with Gasteiger partial charge in [0, 0.05) is 24.0 Å². The minimum atomic E-state index is -4.80. The number of aliphatic hydroxyl groups is 1. The van der Waals surface area contributed by atoms with Crippen molar-refractivity contribution in [1.29, 1.82) is 0 Å². The summed E-state index contributed by atoms with van der Waals surface area (Å²) in [6.45, 7) is 1.52. The Labute approximate surface area is 120 Å². The number of pyridine rings is 1. The zero-order chi connectivity index (χ0) is 15.7. The fraction of sp³-hybridized carbons (Fsp3) is 0.400. The molecule has 0 saturated carbocycles. The third kappa shape index (κ3) is 2.87. The van der Waals surface area contributed by atoms with Crippen LogP contribution in [0.15, 0.2) is 36.5 Å². The predicted octanol–water partition coefficient (Wildman–Crippen LogP) is 2.81. The number of nitrogens with zero attached hydrogens (tertiary/aromatic N) is 1. The molecule has 0 amide bonds. The Bertz CT molecular complexity index is 624. The number of rotatable bonds is 4. The summed E-state index contributed by atoms with van der Waals surface area (Å²) in [4.78, 5) is 4.10. The molecule has 2 aromatic rings. The Morgan fingerprint density at radius 1 is 1.24 bits per heavy atom. The highest BCUT2D eigenvalue weighted by Gasteiger charge is 2.56. The summed E-state index contributed by atoms with van der Waals surface area (Å²) in [6, 6.07) is 6.98. The van der Waals surface area contributed by atoms with Gasteiger partial charge in [-0.25, -0.2) is 0 Å². The predicted molar refractivity (Wildman–Crippen MR) is 74.7 cm³/mol. The van der Waals surface area contributed by atoms with Crippen molar-refractivity contribution in [2.75, 3.05) is 0 Å². The Balaban J connectivity index is 2.49. The third-order valence-electron chi connectivity index (χ3n) is 3.74. The molecule has 2 rings (SSSR count). The van der Waals surface area contributed by atoms with Crippen molar-refractivity contribution in [2.24, 2.45) is 5.73 Å². The number of nitrogens with two attached hydrogens (primary N) is 1. The molecule has 0 aliphatic heterocycles. The van der Waals surface area contributed by atoms with Gasteiger partial charge in [-0.3, -0.25) is 4.98 Å². The van der Waals surface area contributed by atoms with Gasteiger partial charge in [-0.15, -0.1) is 0 Å². The van der Waals surface area contributed by atoms with Crippen molar-refractivity contribution >= 4 is 10.9 Å². The highest BCUT2D eigenvalue weighted by molar-refractivity contribution is 5.81. The maximum Gasteiger partial charge on any atom is 0.419 e. The van der Waals surface area contributed by atoms with E-state index in [0.29, 0.717) is 16.5 Å². The first-order valence-corrected chi connectivity index (χ1v) is 6.67. The summed E-state index contributed by atoms with van der Waals surface area (Å²) in [5, 5.41) is 10.7. The molecule has 2 atom stereocenters. The molecule has 0 bridgehead atoms. The average Bonchev–Trinajstić information content (AvgIpc) is 2.45. The average molecular weight is 298 g/mol. The van der Waals surface area contributed by atoms with Gasteiger partial charge in [-0.05, 0) is 24.1 Å². The van der Waals surface area contributed by atoms with E-state index in [9.17, 15) is 18.3 Å². The molecule has 0 saturated heterocycles. The quantitative estimate of drug-likeness (QED) is 0.912. The van der Waals surface area contributed by atoms with Crippen molar-refractivity contribution < 1.29 is 18.3 Å². The lowest BCUT2D eigenvalue weighted by molar-refractivity contribution is -0.267. The molecule has 6 heteroatoms. The van der Waals surface area contributed by atoms with E-state index in [2.05, 4.69) is 4.98 Å². The number of halogens is 3. The molecule has 1 aromatic heterocycles. The summed E-state index contributed by atoms with van der Waals surface area (Å²) in [5.74, 6) is 0. The van der Waals surface area contributed by atoms with Crippen LogP contribution in [0.4, 0.5) is 13.2 Å². The molecule has 0 spiro atoms. The molecule has 0 fully saturated rings. The van der Waals surface area contributed by atoms with Crippen molar-refractivity contribution in [2.45, 2.75) is 37.6 Å². The van der Waals surface area contributed by atoms with Gasteiger partial charge in [0.1, 0.15) is 0 Å². The maximum absolute atomic E-state index is 13.3. The van der Waals surface area contributed by atoms with Crippen molar-refractivity contribution in [3.63, 3.8) is 0 Å². The monoisotopic (exact) mass is 298 g/mol. The lowest BCUT2D eigenvalue weighted by atomic mass is 9.84. The van der Waals surface area contributed by atoms with Gasteiger partial charge < -0.3 is 10.8 Å². The van der Waals surface area contributed by atoms with Crippen molar-refractivity contribution in [3.05, 3.63) is 42.1 Å². The van der Waals surface area contributed by atoms with Crippen LogP contribution in [0.3, 0.4) is 0 Å². The highest BCUT2D eigenvalue weighted by atomic mass is 19.4. The molecule has 21 heavy (non-hydrogen) atoms. The van der Waals surface area contributed by atoms with E-state index < -0.39 is 24.2 Å². The molecular weight excluding hydrogens is 281 g/mol. The van der Waals surface area contributed by atoms with Gasteiger partial charge >= 0.3 is 6.18 Å². The fourth-order valence-corrected chi connectivity index (χ4v) is 2.38. The van der Waals surface area contributed by atoms with E-state index in [1.165, 1.54) is 19.2 Å². The standard InChI is InChI=1S/C15H17F3N2O/c1-2-13(19)14(21,15(16,17)18)9-10-7-8-20-12-6-4-3-5-11(10)12/h3-8,13,21H,2,9,19H2,1H3. The SMILES string of the molecule is CCC(N)C(O)(Cc1ccnc2ccccc12)C(F)(F)F. The van der Waals surface area contributed by atoms with Crippen LogP contribution in [0.5, 0.6) is 0 Å². The molecule has 1 aromatic carbocycles. The number of aromatic nitrogens is 1. The number of hydrogen-bond acceptors (Lipinski definition) is 3. The van der Waals surface area contributed by atoms with Gasteiger partial charge in [-0.2, -0.15) is 13.2 Å². The van der Waals surface area contributed by atoms with Gasteiger partial charge in [0.2, 0.25) is 0 Å². The Kier molecular flexibility index (Phi) is 4.20. The summed E-state index contributed by atoms with van der Waals surface area (Å²) < 4.78 is 39.8. The Morgan fingerprint density at radius 3 is 2.52 bits per heavy atom. The molecule has 3 nitrogen and oxygen atoms in total. The van der Waals surface area contributed by atoms with E-state index in [1.807, 2.05) is 0 Å². The number of benzene rings is 1. The maximum atomic E-state index is 13.3. The lowest BCUT2D eigenvalue weighted by Gasteiger charge is -2.35. The Morgan fingerprint density at radius 2 is 1.90 bits per heavy atom. The van der Waals surface area contributed by atoms with Gasteiger partial charge in [0.25, 0.3) is 0 Å². The summed E-state index contributed by atoms with van der Waals surface area (Å²) in [6.07, 6.45) is -3.92. The Hall–Kier alpha value is -1.66. The van der Waals surface area contributed by atoms with Crippen LogP contribution in [0.25, 0.3) is 10.9 Å². The number of alkyl halides is 3. The fourth-order valence-electron chi connectivity index (χ4n) is 2.38. The molecule has 0 radical (unpaired) electrons. The second kappa shape index (κ2) is 5.61. The normalized spacial score (nSPS) is 16.7. The third-order valence-corrected chi connectivity index (χ3v) is 3.74. The van der Waals surface area contributed by atoms with E-state index in [0.717, 1.165) is 0 Å². The van der Waals surface area contributed by atoms with E-state index in [4.69, 9.17) is 5.73 Å². The largest absolute Gasteiger partial charge is 0.419 e. The molecule has 1 heterocycles. The number of fused-ring (bicyclic) bond motifs is 1. The molecule has 3 N–H and O–H groups in total. The number of hydrogen-bond donors (Lipinski definition) is 2. The molecular formula is C15H17F3N2O. The minimum Gasteiger partial charge on any atom is -0.379 e. The van der Waals surface area contributed by atoms with E-state index in [-0.39, 0.29) is 6.42 Å². The summed E-state index contributed by atoms with van der Waals surface area (Å²) in [5.41, 5.74) is 3.56. The first kappa shape index (κ1) is 15.7. The molecule has 114 valence electrons. The lowest BCUT2D eigenvalue weighted by Crippen LogP contribution is -2.59. The van der Waals surface area contributed by atoms with Crippen LogP contribution >= 0.6 is 0 Å². The van der Waals surface area contributed by atoms with E-state index in [1.54, 1.807) is 24.3 Å². The summed E-state index contributed by atoms with van der Waals surface area (Å²) >= 11 is 0. The zero-order valence-electron chi connectivity index (χ0n) is 11.6. The summed E-state index contributed by atoms with van der Waals surface area (Å²) in [7, 11) is 0. The zero-order valence-corrected chi connectivity index (χ0v) is 11.6. The van der Waals surface area contributed by atoms with Crippen LogP contribution < -0.4 is 5.73 Å². The van der Waals surface area contributed by atoms with Crippen LogP contribution in [0, 0.1) is 0 Å². The van der Waals surface area contributed by atoms with Gasteiger partial charge in [-0.1, -0.05) is 25.1 Å². The first-order chi connectivity index (χ1) is 9.79. The van der Waals surface area contributed by atoms with Gasteiger partial charge in [0.05, 0.1) is 5.52 Å². The van der Waals surface area contributed by atoms with Crippen LogP contribution in [-0.4, -0.2) is 27.9 Å². The van der Waals surface area contributed by atoms with Crippen molar-refractivity contribution in [1.82, 2.24) is 4.98 Å². The van der Waals surface area contributed by atoms with Crippen LogP contribution in [0.1, 0.15) is 18.9 Å². The molecule has 0 aliphatic carbocycles. The van der Waals surface area contributed by atoms with Gasteiger partial charge in [0.15, 0.2) is 5.60 Å². The molecule has 2 unspecified atom stereocenters. The van der Waals surface area contributed by atoms with Crippen LogP contribution in [0.2, 0.25) is 0 Å². The minimum absolute atomic E-state index is 0.0268. The number of para-hydroxylation sites is 1. The molecule has 0 aliphatic rings. The highest BCUT2D eigenvalue weighted by Crippen LogP contribution is 2.37. The van der Waals surface area contributed by atoms with E-state index >= 15 is 0 Å². The second-order valence-electron chi connectivity index (χ2n) is 5.10.